The fraction of sp³-hybridized carbons (Fsp3) is 0.667. The minimum Gasteiger partial charge on any atom is -0.346 e. The van der Waals surface area contributed by atoms with E-state index in [9.17, 15) is 4.79 Å². The number of thiophene rings is 1. The molecule has 0 bridgehead atoms. The van der Waals surface area contributed by atoms with Gasteiger partial charge in [0.2, 0.25) is 6.29 Å². The van der Waals surface area contributed by atoms with Crippen LogP contribution in [0.25, 0.3) is 0 Å². The summed E-state index contributed by atoms with van der Waals surface area (Å²) in [7, 11) is 0. The summed E-state index contributed by atoms with van der Waals surface area (Å²) >= 11 is 1.82. The lowest BCUT2D eigenvalue weighted by molar-refractivity contribution is -0.218. The molecule has 1 aliphatic heterocycles. The maximum absolute atomic E-state index is 10.9. The Balaban J connectivity index is 1.88. The van der Waals surface area contributed by atoms with Gasteiger partial charge in [-0.25, -0.2) is 0 Å². The van der Waals surface area contributed by atoms with Gasteiger partial charge in [0, 0.05) is 10.3 Å². The first kappa shape index (κ1) is 13.3. The van der Waals surface area contributed by atoms with Gasteiger partial charge < -0.3 is 9.47 Å². The first-order chi connectivity index (χ1) is 9.35. The van der Waals surface area contributed by atoms with Crippen LogP contribution in [-0.2, 0) is 19.7 Å². The Hall–Kier alpha value is -0.710. The molecule has 0 spiro atoms. The predicted octanol–water partition coefficient (Wildman–Crippen LogP) is 3.28. The minimum absolute atomic E-state index is 0.109. The molecule has 0 N–H and O–H groups in total. The van der Waals surface area contributed by atoms with Gasteiger partial charge in [0.1, 0.15) is 0 Å². The molecule has 19 heavy (non-hydrogen) atoms. The van der Waals surface area contributed by atoms with Crippen molar-refractivity contribution in [3.63, 3.8) is 0 Å². The standard InChI is InChI=1S/C15H20O3S/c16-11-14-17-9-6-12(18-14)15(7-2-1-3-8-15)13-5-4-10-19-13/h4-5,10-12,14H,1-3,6-9H2. The minimum atomic E-state index is -0.669. The molecule has 3 nitrogen and oxygen atoms in total. The van der Waals surface area contributed by atoms with E-state index in [1.165, 1.54) is 37.0 Å². The van der Waals surface area contributed by atoms with Crippen LogP contribution >= 0.6 is 11.3 Å². The zero-order chi connectivity index (χ0) is 13.1. The number of rotatable bonds is 3. The van der Waals surface area contributed by atoms with E-state index in [1.807, 2.05) is 11.3 Å². The maximum atomic E-state index is 10.9. The van der Waals surface area contributed by atoms with Crippen molar-refractivity contribution in [2.45, 2.75) is 56.3 Å². The molecule has 2 aliphatic rings. The highest BCUT2D eigenvalue weighted by atomic mass is 32.1. The number of hydrogen-bond acceptors (Lipinski definition) is 4. The zero-order valence-electron chi connectivity index (χ0n) is 11.0. The van der Waals surface area contributed by atoms with Crippen LogP contribution in [0, 0.1) is 0 Å². The van der Waals surface area contributed by atoms with Gasteiger partial charge in [0.25, 0.3) is 0 Å². The molecule has 0 amide bonds. The lowest BCUT2D eigenvalue weighted by atomic mass is 9.68. The Bertz CT molecular complexity index is 409. The molecule has 4 heteroatoms. The van der Waals surface area contributed by atoms with E-state index in [4.69, 9.17) is 9.47 Å². The van der Waals surface area contributed by atoms with E-state index in [-0.39, 0.29) is 11.5 Å². The second-order valence-electron chi connectivity index (χ2n) is 5.48. The van der Waals surface area contributed by atoms with E-state index in [0.29, 0.717) is 6.61 Å². The summed E-state index contributed by atoms with van der Waals surface area (Å²) in [5.41, 5.74) is 0.109. The largest absolute Gasteiger partial charge is 0.346 e. The van der Waals surface area contributed by atoms with E-state index in [1.54, 1.807) is 0 Å². The van der Waals surface area contributed by atoms with Gasteiger partial charge in [-0.15, -0.1) is 11.3 Å². The summed E-state index contributed by atoms with van der Waals surface area (Å²) in [5, 5.41) is 2.14. The van der Waals surface area contributed by atoms with Crippen molar-refractivity contribution in [3.8, 4) is 0 Å². The van der Waals surface area contributed by atoms with Crippen LogP contribution in [0.4, 0.5) is 0 Å². The average Bonchev–Trinajstić information content (AvgIpc) is 3.03. The van der Waals surface area contributed by atoms with Crippen molar-refractivity contribution >= 4 is 17.6 Å². The highest BCUT2D eigenvalue weighted by Crippen LogP contribution is 2.47. The number of aldehydes is 1. The molecular formula is C15H20O3S. The number of hydrogen-bond donors (Lipinski definition) is 0. The Morgan fingerprint density at radius 3 is 2.84 bits per heavy atom. The second kappa shape index (κ2) is 5.73. The van der Waals surface area contributed by atoms with Crippen LogP contribution in [0.2, 0.25) is 0 Å². The van der Waals surface area contributed by atoms with Gasteiger partial charge in [-0.2, -0.15) is 0 Å². The molecule has 1 aromatic heterocycles. The first-order valence-electron chi connectivity index (χ1n) is 7.11. The topological polar surface area (TPSA) is 35.5 Å². The quantitative estimate of drug-likeness (QED) is 0.797. The Labute approximate surface area is 117 Å². The third-order valence-corrected chi connectivity index (χ3v) is 5.54. The maximum Gasteiger partial charge on any atom is 0.214 e. The molecule has 2 atom stereocenters. The van der Waals surface area contributed by atoms with Gasteiger partial charge in [0.05, 0.1) is 12.7 Å². The van der Waals surface area contributed by atoms with Crippen molar-refractivity contribution in [2.24, 2.45) is 0 Å². The van der Waals surface area contributed by atoms with Crippen LogP contribution in [0.1, 0.15) is 43.4 Å². The highest BCUT2D eigenvalue weighted by Gasteiger charge is 2.45. The van der Waals surface area contributed by atoms with Crippen LogP contribution in [-0.4, -0.2) is 25.3 Å². The predicted molar refractivity (Wildman–Crippen MR) is 74.4 cm³/mol. The fourth-order valence-corrected chi connectivity index (χ4v) is 4.54. The van der Waals surface area contributed by atoms with E-state index in [0.717, 1.165) is 12.7 Å². The van der Waals surface area contributed by atoms with Crippen molar-refractivity contribution < 1.29 is 14.3 Å². The highest BCUT2D eigenvalue weighted by molar-refractivity contribution is 7.10. The van der Waals surface area contributed by atoms with E-state index < -0.39 is 6.29 Å². The van der Waals surface area contributed by atoms with Crippen LogP contribution in [0.5, 0.6) is 0 Å². The number of carbonyl (C=O) groups is 1. The Kier molecular flexibility index (Phi) is 4.01. The van der Waals surface area contributed by atoms with E-state index in [2.05, 4.69) is 17.5 Å². The van der Waals surface area contributed by atoms with Crippen molar-refractivity contribution in [1.82, 2.24) is 0 Å². The van der Waals surface area contributed by atoms with Crippen molar-refractivity contribution in [2.75, 3.05) is 6.61 Å². The summed E-state index contributed by atoms with van der Waals surface area (Å²) in [6.07, 6.45) is 7.28. The third-order valence-electron chi connectivity index (χ3n) is 4.45. The lowest BCUT2D eigenvalue weighted by Crippen LogP contribution is -2.48. The van der Waals surface area contributed by atoms with Crippen LogP contribution < -0.4 is 0 Å². The van der Waals surface area contributed by atoms with Gasteiger partial charge >= 0.3 is 0 Å². The summed E-state index contributed by atoms with van der Waals surface area (Å²) in [6.45, 7) is 0.626. The molecule has 0 radical (unpaired) electrons. The Morgan fingerprint density at radius 1 is 1.32 bits per heavy atom. The smallest absolute Gasteiger partial charge is 0.214 e. The van der Waals surface area contributed by atoms with Crippen molar-refractivity contribution in [3.05, 3.63) is 22.4 Å². The molecule has 104 valence electrons. The summed E-state index contributed by atoms with van der Waals surface area (Å²) in [5.74, 6) is 0. The van der Waals surface area contributed by atoms with Gasteiger partial charge in [-0.05, 0) is 30.7 Å². The summed E-state index contributed by atoms with van der Waals surface area (Å²) < 4.78 is 11.2. The fourth-order valence-electron chi connectivity index (χ4n) is 3.51. The first-order valence-corrected chi connectivity index (χ1v) is 7.99. The summed E-state index contributed by atoms with van der Waals surface area (Å²) in [6, 6.07) is 4.34. The molecule has 2 heterocycles. The monoisotopic (exact) mass is 280 g/mol. The molecular weight excluding hydrogens is 260 g/mol. The molecule has 0 aromatic carbocycles. The number of ether oxygens (including phenoxy) is 2. The lowest BCUT2D eigenvalue weighted by Gasteiger charge is -2.45. The molecule has 2 unspecified atom stereocenters. The van der Waals surface area contributed by atoms with Gasteiger partial charge in [0.15, 0.2) is 6.29 Å². The van der Waals surface area contributed by atoms with Gasteiger partial charge in [-0.3, -0.25) is 4.79 Å². The molecule has 1 saturated heterocycles. The summed E-state index contributed by atoms with van der Waals surface area (Å²) in [4.78, 5) is 12.4. The van der Waals surface area contributed by atoms with Gasteiger partial charge in [-0.1, -0.05) is 25.3 Å². The third kappa shape index (κ3) is 2.49. The molecule has 1 saturated carbocycles. The zero-order valence-corrected chi connectivity index (χ0v) is 11.9. The Morgan fingerprint density at radius 2 is 2.16 bits per heavy atom. The second-order valence-corrected chi connectivity index (χ2v) is 6.43. The van der Waals surface area contributed by atoms with E-state index >= 15 is 0 Å². The molecule has 3 rings (SSSR count). The average molecular weight is 280 g/mol. The van der Waals surface area contributed by atoms with Crippen molar-refractivity contribution in [1.29, 1.82) is 0 Å². The SMILES string of the molecule is O=CC1OCCC(C2(c3cccs3)CCCCC2)O1. The molecule has 2 fully saturated rings. The number of carbonyl (C=O) groups excluding carboxylic acids is 1. The van der Waals surface area contributed by atoms with Crippen LogP contribution in [0.3, 0.4) is 0 Å². The molecule has 1 aromatic rings. The molecule has 1 aliphatic carbocycles. The normalized spacial score (nSPS) is 30.9. The van der Waals surface area contributed by atoms with Crippen LogP contribution in [0.15, 0.2) is 17.5 Å².